The lowest BCUT2D eigenvalue weighted by Gasteiger charge is -2.35. The van der Waals surface area contributed by atoms with E-state index in [9.17, 15) is 0 Å². The topological polar surface area (TPSA) is 21.7 Å². The van der Waals surface area contributed by atoms with Crippen LogP contribution in [-0.2, 0) is 9.47 Å². The predicted octanol–water partition coefficient (Wildman–Crippen LogP) is 0.844. The van der Waals surface area contributed by atoms with Crippen molar-refractivity contribution >= 4 is 0 Å². The van der Waals surface area contributed by atoms with E-state index in [2.05, 4.69) is 11.9 Å². The molecule has 0 aromatic carbocycles. The highest BCUT2D eigenvalue weighted by molar-refractivity contribution is 4.89. The highest BCUT2D eigenvalue weighted by Gasteiger charge is 2.41. The summed E-state index contributed by atoms with van der Waals surface area (Å²) in [6, 6.07) is 0. The Morgan fingerprint density at radius 1 is 1.33 bits per heavy atom. The van der Waals surface area contributed by atoms with Gasteiger partial charge in [0.25, 0.3) is 0 Å². The lowest BCUT2D eigenvalue weighted by Crippen LogP contribution is -2.44. The molecule has 2 saturated heterocycles. The molecule has 1 atom stereocenters. The molecule has 0 amide bonds. The van der Waals surface area contributed by atoms with Crippen molar-refractivity contribution in [3.8, 4) is 0 Å². The predicted molar refractivity (Wildman–Crippen MR) is 46.0 cm³/mol. The Hall–Kier alpha value is -0.120. The molecule has 2 aliphatic heterocycles. The fourth-order valence-electron chi connectivity index (χ4n) is 1.98. The summed E-state index contributed by atoms with van der Waals surface area (Å²) < 4.78 is 11.2. The molecule has 12 heavy (non-hydrogen) atoms. The molecule has 0 radical (unpaired) electrons. The summed E-state index contributed by atoms with van der Waals surface area (Å²) in [5, 5.41) is 0. The van der Waals surface area contributed by atoms with Gasteiger partial charge in [0, 0.05) is 13.1 Å². The van der Waals surface area contributed by atoms with Crippen molar-refractivity contribution in [3.63, 3.8) is 0 Å². The molecule has 0 N–H and O–H groups in total. The molecule has 70 valence electrons. The van der Waals surface area contributed by atoms with E-state index >= 15 is 0 Å². The normalized spacial score (nSPS) is 36.0. The molecule has 2 rings (SSSR count). The Bertz CT molecular complexity index is 164. The third kappa shape index (κ3) is 1.49. The van der Waals surface area contributed by atoms with Gasteiger partial charge in [0.15, 0.2) is 6.29 Å². The Kier molecular flexibility index (Phi) is 2.10. The van der Waals surface area contributed by atoms with Crippen molar-refractivity contribution < 1.29 is 9.47 Å². The van der Waals surface area contributed by atoms with E-state index < -0.39 is 0 Å². The molecular weight excluding hydrogens is 154 g/mol. The van der Waals surface area contributed by atoms with Crippen LogP contribution in [0.4, 0.5) is 0 Å². The zero-order valence-electron chi connectivity index (χ0n) is 7.88. The summed E-state index contributed by atoms with van der Waals surface area (Å²) in [5.41, 5.74) is 0.0614. The molecule has 2 fully saturated rings. The van der Waals surface area contributed by atoms with Gasteiger partial charge >= 0.3 is 0 Å². The van der Waals surface area contributed by atoms with Crippen molar-refractivity contribution in [2.75, 3.05) is 26.7 Å². The molecule has 2 heterocycles. The number of nitrogens with zero attached hydrogens (tertiary/aromatic N) is 1. The smallest absolute Gasteiger partial charge is 0.155 e. The van der Waals surface area contributed by atoms with Crippen LogP contribution in [0.2, 0.25) is 0 Å². The van der Waals surface area contributed by atoms with Gasteiger partial charge in [0.05, 0.1) is 12.2 Å². The summed E-state index contributed by atoms with van der Waals surface area (Å²) in [7, 11) is 2.16. The van der Waals surface area contributed by atoms with Crippen molar-refractivity contribution in [1.82, 2.24) is 4.90 Å². The zero-order chi connectivity index (χ0) is 8.60. The molecule has 3 nitrogen and oxygen atoms in total. The summed E-state index contributed by atoms with van der Waals surface area (Å²) in [4.78, 5) is 2.34. The van der Waals surface area contributed by atoms with E-state index in [0.29, 0.717) is 0 Å². The van der Waals surface area contributed by atoms with E-state index in [-0.39, 0.29) is 11.9 Å². The number of likely N-dealkylation sites (tertiary alicyclic amines) is 1. The maximum absolute atomic E-state index is 5.79. The van der Waals surface area contributed by atoms with Gasteiger partial charge in [-0.1, -0.05) is 0 Å². The standard InChI is InChI=1S/C9H17NO2/c1-8-11-7-9(12-8)3-5-10(2)6-4-9/h8H,3-7H2,1-2H3/t8-/m0/s1. The fourth-order valence-corrected chi connectivity index (χ4v) is 1.98. The van der Waals surface area contributed by atoms with Gasteiger partial charge < -0.3 is 14.4 Å². The van der Waals surface area contributed by atoms with Crippen LogP contribution in [0.5, 0.6) is 0 Å². The lowest BCUT2D eigenvalue weighted by atomic mass is 9.93. The maximum Gasteiger partial charge on any atom is 0.155 e. The third-order valence-electron chi connectivity index (χ3n) is 2.90. The Labute approximate surface area is 73.6 Å². The van der Waals surface area contributed by atoms with Gasteiger partial charge in [-0.25, -0.2) is 0 Å². The first kappa shape index (κ1) is 8.48. The van der Waals surface area contributed by atoms with E-state index in [1.165, 1.54) is 0 Å². The van der Waals surface area contributed by atoms with Crippen LogP contribution in [0.25, 0.3) is 0 Å². The summed E-state index contributed by atoms with van der Waals surface area (Å²) >= 11 is 0. The molecule has 3 heteroatoms. The van der Waals surface area contributed by atoms with Gasteiger partial charge in [0.2, 0.25) is 0 Å². The number of ether oxygens (including phenoxy) is 2. The summed E-state index contributed by atoms with van der Waals surface area (Å²) in [6.45, 7) is 5.04. The molecule has 0 saturated carbocycles. The van der Waals surface area contributed by atoms with Crippen LogP contribution in [0.3, 0.4) is 0 Å². The second-order valence-corrected chi connectivity index (χ2v) is 3.98. The van der Waals surface area contributed by atoms with Crippen molar-refractivity contribution in [1.29, 1.82) is 0 Å². The van der Waals surface area contributed by atoms with E-state index in [1.807, 2.05) is 6.92 Å². The van der Waals surface area contributed by atoms with Gasteiger partial charge in [-0.3, -0.25) is 0 Å². The van der Waals surface area contributed by atoms with Gasteiger partial charge in [-0.05, 0) is 26.8 Å². The molecule has 0 aliphatic carbocycles. The van der Waals surface area contributed by atoms with Crippen LogP contribution >= 0.6 is 0 Å². The highest BCUT2D eigenvalue weighted by Crippen LogP contribution is 2.32. The monoisotopic (exact) mass is 171 g/mol. The first-order valence-corrected chi connectivity index (χ1v) is 4.68. The zero-order valence-corrected chi connectivity index (χ0v) is 7.88. The first-order chi connectivity index (χ1) is 5.70. The second-order valence-electron chi connectivity index (χ2n) is 3.98. The number of hydrogen-bond acceptors (Lipinski definition) is 3. The molecule has 1 spiro atoms. The third-order valence-corrected chi connectivity index (χ3v) is 2.90. The number of hydrogen-bond donors (Lipinski definition) is 0. The summed E-state index contributed by atoms with van der Waals surface area (Å²) in [5.74, 6) is 0. The van der Waals surface area contributed by atoms with E-state index in [4.69, 9.17) is 9.47 Å². The highest BCUT2D eigenvalue weighted by atomic mass is 16.7. The SMILES string of the molecule is C[C@H]1OCC2(CCN(C)CC2)O1. The molecule has 0 aromatic rings. The van der Waals surface area contributed by atoms with Crippen LogP contribution in [0.1, 0.15) is 19.8 Å². The minimum Gasteiger partial charge on any atom is -0.350 e. The average Bonchev–Trinajstić information content (AvgIpc) is 2.40. The second kappa shape index (κ2) is 2.98. The maximum atomic E-state index is 5.79. The van der Waals surface area contributed by atoms with Crippen molar-refractivity contribution in [2.24, 2.45) is 0 Å². The summed E-state index contributed by atoms with van der Waals surface area (Å²) in [6.07, 6.45) is 2.25. The van der Waals surface area contributed by atoms with E-state index in [1.54, 1.807) is 0 Å². The molecule has 2 aliphatic rings. The van der Waals surface area contributed by atoms with Crippen LogP contribution in [0, 0.1) is 0 Å². The molecule has 0 bridgehead atoms. The number of piperidine rings is 1. The van der Waals surface area contributed by atoms with Gasteiger partial charge in [-0.15, -0.1) is 0 Å². The molecule has 0 aromatic heterocycles. The van der Waals surface area contributed by atoms with Crippen molar-refractivity contribution in [2.45, 2.75) is 31.7 Å². The quantitative estimate of drug-likeness (QED) is 0.539. The Morgan fingerprint density at radius 2 is 2.00 bits per heavy atom. The first-order valence-electron chi connectivity index (χ1n) is 4.68. The number of rotatable bonds is 0. The van der Waals surface area contributed by atoms with Crippen LogP contribution in [-0.4, -0.2) is 43.5 Å². The fraction of sp³-hybridized carbons (Fsp3) is 1.00. The Morgan fingerprint density at radius 3 is 2.50 bits per heavy atom. The largest absolute Gasteiger partial charge is 0.350 e. The average molecular weight is 171 g/mol. The van der Waals surface area contributed by atoms with Crippen LogP contribution < -0.4 is 0 Å². The molecule has 0 unspecified atom stereocenters. The lowest BCUT2D eigenvalue weighted by molar-refractivity contribution is -0.0940. The van der Waals surface area contributed by atoms with Crippen LogP contribution in [0.15, 0.2) is 0 Å². The minimum absolute atomic E-state index is 0.00778. The van der Waals surface area contributed by atoms with Gasteiger partial charge in [0.1, 0.15) is 0 Å². The van der Waals surface area contributed by atoms with Crippen molar-refractivity contribution in [3.05, 3.63) is 0 Å². The molecular formula is C9H17NO2. The minimum atomic E-state index is 0.00778. The van der Waals surface area contributed by atoms with E-state index in [0.717, 1.165) is 32.5 Å². The van der Waals surface area contributed by atoms with Gasteiger partial charge in [-0.2, -0.15) is 0 Å². The Balaban J connectivity index is 1.95.